The second-order valence-corrected chi connectivity index (χ2v) is 7.03. The molecule has 0 saturated carbocycles. The highest BCUT2D eigenvalue weighted by Gasteiger charge is 2.10. The topological polar surface area (TPSA) is 51.4 Å². The number of aromatic nitrogens is 1. The van der Waals surface area contributed by atoms with Crippen molar-refractivity contribution in [1.29, 1.82) is 0 Å². The zero-order chi connectivity index (χ0) is 18.4. The predicted octanol–water partition coefficient (Wildman–Crippen LogP) is 2.85. The predicted molar refractivity (Wildman–Crippen MR) is 102 cm³/mol. The van der Waals surface area contributed by atoms with Crippen LogP contribution >= 0.6 is 0 Å². The minimum atomic E-state index is -0.00627. The summed E-state index contributed by atoms with van der Waals surface area (Å²) in [6.45, 7) is 6.87. The van der Waals surface area contributed by atoms with Gasteiger partial charge in [0.2, 0.25) is 0 Å². The van der Waals surface area contributed by atoms with Crippen molar-refractivity contribution in [3.63, 3.8) is 0 Å². The average Bonchev–Trinajstić information content (AvgIpc) is 3.03. The summed E-state index contributed by atoms with van der Waals surface area (Å²) in [6, 6.07) is 13.0. The molecule has 1 heterocycles. The normalized spacial score (nSPS) is 11.3. The first-order valence-corrected chi connectivity index (χ1v) is 8.75. The molecule has 5 nitrogen and oxygen atoms in total. The SMILES string of the molecule is CC(C)N(C)Cc1cccc(CNCc2ccc(C(=O)N(C)C)[nH]2)c1. The molecular weight excluding hydrogens is 312 g/mol. The Morgan fingerprint density at radius 3 is 2.48 bits per heavy atom. The third-order valence-electron chi connectivity index (χ3n) is 4.33. The highest BCUT2D eigenvalue weighted by Crippen LogP contribution is 2.10. The van der Waals surface area contributed by atoms with Crippen LogP contribution in [0.15, 0.2) is 36.4 Å². The van der Waals surface area contributed by atoms with Crippen LogP contribution in [0.25, 0.3) is 0 Å². The van der Waals surface area contributed by atoms with Gasteiger partial charge >= 0.3 is 0 Å². The maximum absolute atomic E-state index is 11.9. The molecule has 0 saturated heterocycles. The smallest absolute Gasteiger partial charge is 0.269 e. The van der Waals surface area contributed by atoms with Gasteiger partial charge in [0, 0.05) is 45.5 Å². The maximum Gasteiger partial charge on any atom is 0.269 e. The first-order valence-electron chi connectivity index (χ1n) is 8.75. The molecule has 0 unspecified atom stereocenters. The minimum Gasteiger partial charge on any atom is -0.353 e. The quantitative estimate of drug-likeness (QED) is 0.776. The van der Waals surface area contributed by atoms with Crippen LogP contribution in [-0.2, 0) is 19.6 Å². The molecule has 0 atom stereocenters. The fourth-order valence-corrected chi connectivity index (χ4v) is 2.56. The molecule has 0 fully saturated rings. The first-order chi connectivity index (χ1) is 11.9. The molecule has 0 bridgehead atoms. The summed E-state index contributed by atoms with van der Waals surface area (Å²) >= 11 is 0. The summed E-state index contributed by atoms with van der Waals surface area (Å²) < 4.78 is 0. The lowest BCUT2D eigenvalue weighted by Crippen LogP contribution is -2.25. The van der Waals surface area contributed by atoms with Gasteiger partial charge in [-0.15, -0.1) is 0 Å². The van der Waals surface area contributed by atoms with Crippen molar-refractivity contribution in [2.45, 2.75) is 39.5 Å². The number of hydrogen-bond donors (Lipinski definition) is 2. The van der Waals surface area contributed by atoms with E-state index in [4.69, 9.17) is 0 Å². The van der Waals surface area contributed by atoms with Gasteiger partial charge in [0.25, 0.3) is 5.91 Å². The van der Waals surface area contributed by atoms with E-state index in [2.05, 4.69) is 60.4 Å². The molecule has 2 aromatic rings. The molecule has 0 aliphatic carbocycles. The van der Waals surface area contributed by atoms with Gasteiger partial charge in [-0.25, -0.2) is 0 Å². The molecular formula is C20H30N4O. The summed E-state index contributed by atoms with van der Waals surface area (Å²) in [4.78, 5) is 19.0. The number of hydrogen-bond acceptors (Lipinski definition) is 3. The molecule has 1 amide bonds. The number of nitrogens with one attached hydrogen (secondary N) is 2. The molecule has 0 radical (unpaired) electrons. The fraction of sp³-hybridized carbons (Fsp3) is 0.450. The van der Waals surface area contributed by atoms with Crippen molar-refractivity contribution < 1.29 is 4.79 Å². The van der Waals surface area contributed by atoms with Crippen LogP contribution < -0.4 is 5.32 Å². The highest BCUT2D eigenvalue weighted by molar-refractivity contribution is 5.92. The highest BCUT2D eigenvalue weighted by atomic mass is 16.2. The van der Waals surface area contributed by atoms with Crippen LogP contribution in [0.5, 0.6) is 0 Å². The van der Waals surface area contributed by atoms with E-state index in [1.165, 1.54) is 11.1 Å². The Morgan fingerprint density at radius 2 is 1.80 bits per heavy atom. The van der Waals surface area contributed by atoms with E-state index >= 15 is 0 Å². The van der Waals surface area contributed by atoms with E-state index in [-0.39, 0.29) is 5.91 Å². The molecule has 1 aromatic carbocycles. The number of nitrogens with zero attached hydrogens (tertiary/aromatic N) is 2. The largest absolute Gasteiger partial charge is 0.353 e. The number of benzene rings is 1. The van der Waals surface area contributed by atoms with Gasteiger partial charge in [0.1, 0.15) is 5.69 Å². The molecule has 0 aliphatic rings. The molecule has 25 heavy (non-hydrogen) atoms. The fourth-order valence-electron chi connectivity index (χ4n) is 2.56. The van der Waals surface area contributed by atoms with Crippen LogP contribution in [0.4, 0.5) is 0 Å². The lowest BCUT2D eigenvalue weighted by atomic mass is 10.1. The van der Waals surface area contributed by atoms with Gasteiger partial charge in [0.15, 0.2) is 0 Å². The van der Waals surface area contributed by atoms with E-state index in [1.807, 2.05) is 12.1 Å². The Morgan fingerprint density at radius 1 is 1.08 bits per heavy atom. The summed E-state index contributed by atoms with van der Waals surface area (Å²) in [5.41, 5.74) is 4.24. The van der Waals surface area contributed by atoms with Crippen LogP contribution in [-0.4, -0.2) is 47.9 Å². The lowest BCUT2D eigenvalue weighted by Gasteiger charge is -2.21. The number of amides is 1. The molecule has 5 heteroatoms. The van der Waals surface area contributed by atoms with E-state index in [0.29, 0.717) is 18.3 Å². The van der Waals surface area contributed by atoms with Gasteiger partial charge in [-0.3, -0.25) is 9.69 Å². The average molecular weight is 342 g/mol. The van der Waals surface area contributed by atoms with Crippen LogP contribution in [0.2, 0.25) is 0 Å². The first kappa shape index (κ1) is 19.2. The van der Waals surface area contributed by atoms with E-state index in [1.54, 1.807) is 19.0 Å². The van der Waals surface area contributed by atoms with E-state index in [9.17, 15) is 4.79 Å². The Balaban J connectivity index is 1.87. The third kappa shape index (κ3) is 5.73. The van der Waals surface area contributed by atoms with Crippen molar-refractivity contribution in [2.75, 3.05) is 21.1 Å². The summed E-state index contributed by atoms with van der Waals surface area (Å²) in [6.07, 6.45) is 0. The van der Waals surface area contributed by atoms with Crippen molar-refractivity contribution in [1.82, 2.24) is 20.1 Å². The number of aromatic amines is 1. The summed E-state index contributed by atoms with van der Waals surface area (Å²) in [5.74, 6) is -0.00627. The molecule has 2 N–H and O–H groups in total. The molecule has 2 rings (SSSR count). The van der Waals surface area contributed by atoms with Crippen molar-refractivity contribution in [3.8, 4) is 0 Å². The number of carbonyl (C=O) groups excluding carboxylic acids is 1. The molecule has 136 valence electrons. The van der Waals surface area contributed by atoms with Crippen LogP contribution in [0, 0.1) is 0 Å². The van der Waals surface area contributed by atoms with Crippen LogP contribution in [0.3, 0.4) is 0 Å². The maximum atomic E-state index is 11.9. The van der Waals surface area contributed by atoms with Crippen molar-refractivity contribution in [2.24, 2.45) is 0 Å². The van der Waals surface area contributed by atoms with E-state index < -0.39 is 0 Å². The Hall–Kier alpha value is -2.11. The molecule has 0 spiro atoms. The van der Waals surface area contributed by atoms with Crippen molar-refractivity contribution >= 4 is 5.91 Å². The lowest BCUT2D eigenvalue weighted by molar-refractivity contribution is 0.0822. The number of carbonyl (C=O) groups is 1. The summed E-state index contributed by atoms with van der Waals surface area (Å²) in [7, 11) is 5.66. The Kier molecular flexibility index (Phi) is 6.79. The third-order valence-corrected chi connectivity index (χ3v) is 4.33. The second-order valence-electron chi connectivity index (χ2n) is 7.03. The van der Waals surface area contributed by atoms with E-state index in [0.717, 1.165) is 18.8 Å². The van der Waals surface area contributed by atoms with Gasteiger partial charge in [-0.1, -0.05) is 24.3 Å². The van der Waals surface area contributed by atoms with Crippen LogP contribution in [0.1, 0.15) is 41.2 Å². The minimum absolute atomic E-state index is 0.00627. The van der Waals surface area contributed by atoms with Gasteiger partial charge in [-0.05, 0) is 44.2 Å². The second kappa shape index (κ2) is 8.83. The van der Waals surface area contributed by atoms with Gasteiger partial charge in [-0.2, -0.15) is 0 Å². The summed E-state index contributed by atoms with van der Waals surface area (Å²) in [5, 5.41) is 3.43. The van der Waals surface area contributed by atoms with Gasteiger partial charge < -0.3 is 15.2 Å². The van der Waals surface area contributed by atoms with Crippen molar-refractivity contribution in [3.05, 3.63) is 58.9 Å². The monoisotopic (exact) mass is 342 g/mol. The zero-order valence-electron chi connectivity index (χ0n) is 16.0. The Labute approximate surface area is 151 Å². The Bertz CT molecular complexity index is 691. The molecule has 1 aromatic heterocycles. The number of rotatable bonds is 8. The number of H-pyrrole nitrogens is 1. The molecule has 0 aliphatic heterocycles. The zero-order valence-corrected chi connectivity index (χ0v) is 16.0. The standard InChI is InChI=1S/C20H30N4O/c1-15(2)24(5)14-17-8-6-7-16(11-17)12-21-13-18-9-10-19(22-18)20(25)23(3)4/h6-11,15,21-22H,12-14H2,1-5H3. The van der Waals surface area contributed by atoms with Gasteiger partial charge in [0.05, 0.1) is 0 Å².